The van der Waals surface area contributed by atoms with Crippen LogP contribution in [0.2, 0.25) is 0 Å². The van der Waals surface area contributed by atoms with Gasteiger partial charge in [-0.3, -0.25) is 4.79 Å². The van der Waals surface area contributed by atoms with Gasteiger partial charge < -0.3 is 9.64 Å². The highest BCUT2D eigenvalue weighted by molar-refractivity contribution is 5.80. The van der Waals surface area contributed by atoms with E-state index < -0.39 is 11.6 Å². The van der Waals surface area contributed by atoms with Crippen molar-refractivity contribution in [2.75, 3.05) is 6.54 Å². The topological polar surface area (TPSA) is 84.0 Å². The van der Waals surface area contributed by atoms with Crippen LogP contribution in [0.3, 0.4) is 0 Å². The third-order valence-corrected chi connectivity index (χ3v) is 3.97. The summed E-state index contributed by atoms with van der Waals surface area (Å²) in [4.78, 5) is 18.6. The second-order valence-electron chi connectivity index (χ2n) is 6.50. The van der Waals surface area contributed by atoms with Crippen LogP contribution in [0.5, 0.6) is 5.75 Å². The fourth-order valence-corrected chi connectivity index (χ4v) is 2.83. The number of nitrogens with zero attached hydrogens (tertiary/aromatic N) is 5. The highest BCUT2D eigenvalue weighted by Gasteiger charge is 2.33. The second-order valence-corrected chi connectivity index (χ2v) is 6.50. The quantitative estimate of drug-likeness (QED) is 0.842. The number of ether oxygens (including phenoxy) is 1. The maximum absolute atomic E-state index is 12.9. The van der Waals surface area contributed by atoms with E-state index in [2.05, 4.69) is 10.1 Å². The molecule has 1 aromatic heterocycles. The number of carbonyl (C=O) groups is 1. The summed E-state index contributed by atoms with van der Waals surface area (Å²) in [6, 6.07) is 9.07. The summed E-state index contributed by atoms with van der Waals surface area (Å²) in [7, 11) is 0. The summed E-state index contributed by atoms with van der Waals surface area (Å²) in [6.45, 7) is 6.61. The number of benzene rings is 1. The Morgan fingerprint density at radius 2 is 2.17 bits per heavy atom. The minimum absolute atomic E-state index is 0.0551. The van der Waals surface area contributed by atoms with E-state index in [1.807, 2.05) is 44.2 Å². The molecule has 0 saturated heterocycles. The van der Waals surface area contributed by atoms with Crippen LogP contribution in [0.4, 0.5) is 0 Å². The van der Waals surface area contributed by atoms with E-state index in [-0.39, 0.29) is 11.7 Å². The van der Waals surface area contributed by atoms with Crippen molar-refractivity contribution < 1.29 is 9.53 Å². The van der Waals surface area contributed by atoms with Crippen LogP contribution in [-0.2, 0) is 11.3 Å². The molecule has 1 amide bonds. The summed E-state index contributed by atoms with van der Waals surface area (Å²) >= 11 is 0. The van der Waals surface area contributed by atoms with Crippen molar-refractivity contribution >= 4 is 5.91 Å². The van der Waals surface area contributed by atoms with E-state index >= 15 is 0 Å². The number of carbonyl (C=O) groups excluding carboxylic acids is 1. The van der Waals surface area contributed by atoms with E-state index in [1.165, 1.54) is 11.0 Å². The summed E-state index contributed by atoms with van der Waals surface area (Å²) in [6.07, 6.45) is 1.41. The zero-order chi connectivity index (χ0) is 17.3. The molecule has 124 valence electrons. The van der Waals surface area contributed by atoms with E-state index in [0.29, 0.717) is 13.1 Å². The Morgan fingerprint density at radius 3 is 2.88 bits per heavy atom. The molecule has 1 unspecified atom stereocenters. The normalized spacial score (nSPS) is 17.2. The monoisotopic (exact) mass is 325 g/mol. The zero-order valence-corrected chi connectivity index (χ0v) is 13.9. The highest BCUT2D eigenvalue weighted by atomic mass is 16.5. The molecule has 1 aliphatic rings. The number of nitriles is 1. The minimum atomic E-state index is -0.541. The Hall–Kier alpha value is -2.88. The molecule has 1 atom stereocenters. The smallest absolute Gasteiger partial charge is 0.252 e. The lowest BCUT2D eigenvalue weighted by molar-refractivity contribution is -0.137. The van der Waals surface area contributed by atoms with Crippen molar-refractivity contribution in [1.82, 2.24) is 19.7 Å². The lowest BCUT2D eigenvalue weighted by atomic mass is 10.1. The fraction of sp³-hybridized carbons (Fsp3) is 0.412. The molecule has 3 rings (SSSR count). The average molecular weight is 325 g/mol. The standard InChI is InChI=1S/C17H19N5O2/c1-12(22-11-19-15(8-18)20-22)16(23)21-9-13-6-4-5-7-14(13)24-17(2,3)10-21/h4-7,11-12H,9-10H2,1-3H3. The number of aromatic nitrogens is 3. The van der Waals surface area contributed by atoms with Crippen molar-refractivity contribution in [2.45, 2.75) is 39.0 Å². The van der Waals surface area contributed by atoms with Gasteiger partial charge in [0.2, 0.25) is 5.91 Å². The van der Waals surface area contributed by atoms with E-state index in [1.54, 1.807) is 11.8 Å². The number of hydrogen-bond acceptors (Lipinski definition) is 5. The summed E-state index contributed by atoms with van der Waals surface area (Å²) in [5.41, 5.74) is 0.474. The van der Waals surface area contributed by atoms with Crippen molar-refractivity contribution in [1.29, 1.82) is 5.26 Å². The third kappa shape index (κ3) is 3.08. The van der Waals surface area contributed by atoms with Crippen LogP contribution < -0.4 is 4.74 Å². The van der Waals surface area contributed by atoms with Crippen LogP contribution in [0, 0.1) is 11.3 Å². The van der Waals surface area contributed by atoms with Crippen molar-refractivity contribution in [3.8, 4) is 11.8 Å². The lowest BCUT2D eigenvalue weighted by Crippen LogP contribution is -2.45. The summed E-state index contributed by atoms with van der Waals surface area (Å²) in [5, 5.41) is 12.8. The molecule has 2 heterocycles. The lowest BCUT2D eigenvalue weighted by Gasteiger charge is -2.31. The molecule has 0 saturated carbocycles. The fourth-order valence-electron chi connectivity index (χ4n) is 2.83. The Bertz CT molecular complexity index is 805. The molecule has 0 spiro atoms. The maximum Gasteiger partial charge on any atom is 0.252 e. The van der Waals surface area contributed by atoms with Gasteiger partial charge in [-0.15, -0.1) is 5.10 Å². The van der Waals surface area contributed by atoms with Crippen molar-refractivity contribution in [2.24, 2.45) is 0 Å². The van der Waals surface area contributed by atoms with Gasteiger partial charge in [-0.2, -0.15) is 5.26 Å². The van der Waals surface area contributed by atoms with Crippen LogP contribution in [-0.4, -0.2) is 37.7 Å². The third-order valence-electron chi connectivity index (χ3n) is 3.97. The molecule has 0 bridgehead atoms. The molecule has 0 fully saturated rings. The van der Waals surface area contributed by atoms with Gasteiger partial charge >= 0.3 is 0 Å². The van der Waals surface area contributed by atoms with Crippen LogP contribution in [0.25, 0.3) is 0 Å². The average Bonchev–Trinajstić information content (AvgIpc) is 2.97. The molecule has 2 aromatic rings. The predicted octanol–water partition coefficient (Wildman–Crippen LogP) is 1.91. The zero-order valence-electron chi connectivity index (χ0n) is 13.9. The summed E-state index contributed by atoms with van der Waals surface area (Å²) in [5.74, 6) is 0.773. The van der Waals surface area contributed by atoms with Crippen molar-refractivity contribution in [3.63, 3.8) is 0 Å². The SMILES string of the molecule is CC(C(=O)N1Cc2ccccc2OC(C)(C)C1)n1cnc(C#N)n1. The van der Waals surface area contributed by atoms with E-state index in [9.17, 15) is 4.79 Å². The van der Waals surface area contributed by atoms with Gasteiger partial charge in [0.1, 0.15) is 29.8 Å². The van der Waals surface area contributed by atoms with Gasteiger partial charge in [0.15, 0.2) is 0 Å². The molecule has 0 N–H and O–H groups in total. The maximum atomic E-state index is 12.9. The number of rotatable bonds is 2. The Labute approximate surface area is 140 Å². The van der Waals surface area contributed by atoms with Gasteiger partial charge in [-0.1, -0.05) is 18.2 Å². The molecule has 0 aliphatic carbocycles. The number of hydrogen-bond donors (Lipinski definition) is 0. The first-order chi connectivity index (χ1) is 11.4. The van der Waals surface area contributed by atoms with Gasteiger partial charge in [-0.25, -0.2) is 9.67 Å². The van der Waals surface area contributed by atoms with Crippen LogP contribution >= 0.6 is 0 Å². The van der Waals surface area contributed by atoms with Gasteiger partial charge in [0.25, 0.3) is 5.82 Å². The molecule has 7 heteroatoms. The molecule has 7 nitrogen and oxygen atoms in total. The molecule has 0 radical (unpaired) electrons. The molecule has 1 aliphatic heterocycles. The van der Waals surface area contributed by atoms with Crippen LogP contribution in [0.15, 0.2) is 30.6 Å². The molecule has 1 aromatic carbocycles. The van der Waals surface area contributed by atoms with Crippen molar-refractivity contribution in [3.05, 3.63) is 42.0 Å². The van der Waals surface area contributed by atoms with E-state index in [4.69, 9.17) is 10.00 Å². The van der Waals surface area contributed by atoms with E-state index in [0.717, 1.165) is 11.3 Å². The molecular formula is C17H19N5O2. The number of fused-ring (bicyclic) bond motifs is 1. The Morgan fingerprint density at radius 1 is 1.42 bits per heavy atom. The first-order valence-electron chi connectivity index (χ1n) is 7.76. The first kappa shape index (κ1) is 16.0. The second kappa shape index (κ2) is 5.96. The molecular weight excluding hydrogens is 306 g/mol. The number of para-hydroxylation sites is 1. The largest absolute Gasteiger partial charge is 0.486 e. The van der Waals surface area contributed by atoms with Gasteiger partial charge in [0.05, 0.1) is 6.54 Å². The molecule has 24 heavy (non-hydrogen) atoms. The summed E-state index contributed by atoms with van der Waals surface area (Å²) < 4.78 is 7.48. The minimum Gasteiger partial charge on any atom is -0.486 e. The predicted molar refractivity (Wildman–Crippen MR) is 86.0 cm³/mol. The highest BCUT2D eigenvalue weighted by Crippen LogP contribution is 2.30. The Balaban J connectivity index is 1.87. The number of amides is 1. The van der Waals surface area contributed by atoms with Crippen LogP contribution in [0.1, 0.15) is 38.2 Å². The van der Waals surface area contributed by atoms with Gasteiger partial charge in [0, 0.05) is 12.1 Å². The van der Waals surface area contributed by atoms with Gasteiger partial charge in [-0.05, 0) is 26.8 Å². The Kier molecular flexibility index (Phi) is 3.97. The first-order valence-corrected chi connectivity index (χ1v) is 7.76.